The molecule has 2 atom stereocenters. The van der Waals surface area contributed by atoms with Crippen LogP contribution in [0.15, 0.2) is 18.2 Å². The van der Waals surface area contributed by atoms with Crippen molar-refractivity contribution in [2.24, 2.45) is 5.92 Å². The number of amides is 3. The largest absolute Gasteiger partial charge is 0.496 e. The van der Waals surface area contributed by atoms with Crippen LogP contribution in [0.25, 0.3) is 0 Å². The van der Waals surface area contributed by atoms with E-state index in [1.807, 2.05) is 33.8 Å². The fourth-order valence-corrected chi connectivity index (χ4v) is 3.46. The zero-order valence-electron chi connectivity index (χ0n) is 17.5. The number of nitrogens with zero attached hydrogens (tertiary/aromatic N) is 1. The number of carbonyl (C=O) groups excluding carboxylic acids is 3. The summed E-state index contributed by atoms with van der Waals surface area (Å²) in [7, 11) is 1.58. The summed E-state index contributed by atoms with van der Waals surface area (Å²) in [6.07, 6.45) is 0.648. The highest BCUT2D eigenvalue weighted by molar-refractivity contribution is 6.09. The summed E-state index contributed by atoms with van der Waals surface area (Å²) in [4.78, 5) is 39.7. The summed E-state index contributed by atoms with van der Waals surface area (Å²) in [6, 6.07) is 3.86. The number of nitrogens with one attached hydrogen (secondary N) is 1. The SMILES string of the molecule is CCC(C(=O)OCC(C)C)N1C(=O)NC(CC)(c2ccc(OC)c(C)c2)C1=O. The second kappa shape index (κ2) is 8.63. The highest BCUT2D eigenvalue weighted by Gasteiger charge is 2.54. The van der Waals surface area contributed by atoms with Crippen molar-refractivity contribution in [1.29, 1.82) is 0 Å². The molecule has 7 nitrogen and oxygen atoms in total. The third-order valence-corrected chi connectivity index (χ3v) is 5.07. The van der Waals surface area contributed by atoms with Gasteiger partial charge in [0.1, 0.15) is 17.3 Å². The van der Waals surface area contributed by atoms with Gasteiger partial charge in [-0.25, -0.2) is 14.5 Å². The maximum Gasteiger partial charge on any atom is 0.329 e. The number of hydrogen-bond donors (Lipinski definition) is 1. The molecule has 0 aliphatic carbocycles. The number of esters is 1. The van der Waals surface area contributed by atoms with Gasteiger partial charge in [0.25, 0.3) is 5.91 Å². The van der Waals surface area contributed by atoms with E-state index in [9.17, 15) is 14.4 Å². The molecule has 1 aliphatic rings. The molecule has 3 amide bonds. The van der Waals surface area contributed by atoms with Crippen LogP contribution < -0.4 is 10.1 Å². The molecule has 0 radical (unpaired) electrons. The first-order valence-electron chi connectivity index (χ1n) is 9.69. The van der Waals surface area contributed by atoms with Gasteiger partial charge in [-0.05, 0) is 48.9 Å². The first-order chi connectivity index (χ1) is 13.2. The Bertz CT molecular complexity index is 761. The third kappa shape index (κ3) is 3.84. The molecule has 1 fully saturated rings. The second-order valence-corrected chi connectivity index (χ2v) is 7.50. The smallest absolute Gasteiger partial charge is 0.329 e. The Morgan fingerprint density at radius 1 is 1.25 bits per heavy atom. The standard InChI is InChI=1S/C21H30N2O5/c1-7-16(18(24)28-12-13(3)4)23-19(25)21(8-2,22-20(23)26)15-9-10-17(27-6)14(5)11-15/h9-11,13,16H,7-8,12H2,1-6H3,(H,22,26). The Morgan fingerprint density at radius 3 is 2.43 bits per heavy atom. The van der Waals surface area contributed by atoms with Crippen molar-refractivity contribution < 1.29 is 23.9 Å². The Kier molecular flexibility index (Phi) is 6.69. The highest BCUT2D eigenvalue weighted by atomic mass is 16.5. The van der Waals surface area contributed by atoms with E-state index in [0.29, 0.717) is 17.7 Å². The van der Waals surface area contributed by atoms with Crippen molar-refractivity contribution in [3.05, 3.63) is 29.3 Å². The van der Waals surface area contributed by atoms with E-state index in [4.69, 9.17) is 9.47 Å². The van der Waals surface area contributed by atoms with Gasteiger partial charge in [-0.1, -0.05) is 33.8 Å². The number of methoxy groups -OCH3 is 1. The van der Waals surface area contributed by atoms with Crippen molar-refractivity contribution in [2.75, 3.05) is 13.7 Å². The van der Waals surface area contributed by atoms with E-state index >= 15 is 0 Å². The summed E-state index contributed by atoms with van der Waals surface area (Å²) in [6.45, 7) is 9.56. The minimum absolute atomic E-state index is 0.168. The molecule has 1 saturated heterocycles. The monoisotopic (exact) mass is 390 g/mol. The van der Waals surface area contributed by atoms with Gasteiger partial charge in [0.05, 0.1) is 13.7 Å². The number of urea groups is 1. The molecule has 1 N–H and O–H groups in total. The molecule has 1 aliphatic heterocycles. The van der Waals surface area contributed by atoms with Gasteiger partial charge in [0, 0.05) is 0 Å². The van der Waals surface area contributed by atoms with E-state index in [2.05, 4.69) is 5.32 Å². The lowest BCUT2D eigenvalue weighted by Crippen LogP contribution is -2.48. The van der Waals surface area contributed by atoms with Crippen LogP contribution in [0.1, 0.15) is 51.7 Å². The lowest BCUT2D eigenvalue weighted by molar-refractivity contribution is -0.154. The normalized spacial score (nSPS) is 20.3. The molecule has 2 unspecified atom stereocenters. The fourth-order valence-electron chi connectivity index (χ4n) is 3.46. The third-order valence-electron chi connectivity index (χ3n) is 5.07. The molecule has 28 heavy (non-hydrogen) atoms. The molecule has 0 aromatic heterocycles. The molecule has 0 saturated carbocycles. The molecular weight excluding hydrogens is 360 g/mol. The fraction of sp³-hybridized carbons (Fsp3) is 0.571. The molecule has 0 spiro atoms. The Morgan fingerprint density at radius 2 is 1.93 bits per heavy atom. The molecule has 0 bridgehead atoms. The van der Waals surface area contributed by atoms with Crippen LogP contribution in [-0.2, 0) is 19.9 Å². The van der Waals surface area contributed by atoms with Gasteiger partial charge in [-0.15, -0.1) is 0 Å². The first-order valence-corrected chi connectivity index (χ1v) is 9.69. The van der Waals surface area contributed by atoms with Crippen LogP contribution in [-0.4, -0.2) is 42.6 Å². The molecule has 1 aromatic carbocycles. The van der Waals surface area contributed by atoms with Gasteiger partial charge in [-0.2, -0.15) is 0 Å². The highest BCUT2D eigenvalue weighted by Crippen LogP contribution is 2.36. The van der Waals surface area contributed by atoms with Crippen molar-refractivity contribution in [3.8, 4) is 5.75 Å². The van der Waals surface area contributed by atoms with Gasteiger partial charge in [-0.3, -0.25) is 4.79 Å². The van der Waals surface area contributed by atoms with E-state index in [1.165, 1.54) is 0 Å². The number of rotatable bonds is 8. The Labute approximate surface area is 166 Å². The second-order valence-electron chi connectivity index (χ2n) is 7.50. The van der Waals surface area contributed by atoms with Crippen LogP contribution in [0.3, 0.4) is 0 Å². The van der Waals surface area contributed by atoms with Crippen LogP contribution in [0, 0.1) is 12.8 Å². The average Bonchev–Trinajstić information content (AvgIpc) is 2.92. The predicted molar refractivity (Wildman–Crippen MR) is 105 cm³/mol. The number of aryl methyl sites for hydroxylation is 1. The van der Waals surface area contributed by atoms with Gasteiger partial charge < -0.3 is 14.8 Å². The lowest BCUT2D eigenvalue weighted by Gasteiger charge is -2.28. The van der Waals surface area contributed by atoms with Crippen molar-refractivity contribution in [2.45, 2.75) is 59.0 Å². The van der Waals surface area contributed by atoms with E-state index < -0.39 is 29.5 Å². The summed E-state index contributed by atoms with van der Waals surface area (Å²) in [5.41, 5.74) is 0.316. The minimum atomic E-state index is -1.21. The van der Waals surface area contributed by atoms with Crippen molar-refractivity contribution >= 4 is 17.9 Å². The number of imide groups is 1. The van der Waals surface area contributed by atoms with Crippen LogP contribution in [0.4, 0.5) is 4.79 Å². The zero-order valence-corrected chi connectivity index (χ0v) is 17.5. The van der Waals surface area contributed by atoms with Gasteiger partial charge in [0.2, 0.25) is 0 Å². The topological polar surface area (TPSA) is 84.9 Å². The number of hydrogen-bond acceptors (Lipinski definition) is 5. The van der Waals surface area contributed by atoms with E-state index in [1.54, 1.807) is 26.2 Å². The average molecular weight is 390 g/mol. The molecule has 2 rings (SSSR count). The summed E-state index contributed by atoms with van der Waals surface area (Å²) < 4.78 is 10.6. The van der Waals surface area contributed by atoms with Crippen molar-refractivity contribution in [1.82, 2.24) is 10.2 Å². The summed E-state index contributed by atoms with van der Waals surface area (Å²) in [5, 5.41) is 2.82. The van der Waals surface area contributed by atoms with Crippen LogP contribution in [0.2, 0.25) is 0 Å². The summed E-state index contributed by atoms with van der Waals surface area (Å²) >= 11 is 0. The number of benzene rings is 1. The number of ether oxygens (including phenoxy) is 2. The minimum Gasteiger partial charge on any atom is -0.496 e. The van der Waals surface area contributed by atoms with E-state index in [0.717, 1.165) is 10.5 Å². The molecule has 154 valence electrons. The Hall–Kier alpha value is -2.57. The van der Waals surface area contributed by atoms with Gasteiger partial charge in [0.15, 0.2) is 0 Å². The maximum absolute atomic E-state index is 13.4. The van der Waals surface area contributed by atoms with Gasteiger partial charge >= 0.3 is 12.0 Å². The van der Waals surface area contributed by atoms with Crippen LogP contribution >= 0.6 is 0 Å². The zero-order chi connectivity index (χ0) is 21.1. The number of carbonyl (C=O) groups is 3. The Balaban J connectivity index is 2.38. The molecule has 7 heteroatoms. The lowest BCUT2D eigenvalue weighted by atomic mass is 9.86. The van der Waals surface area contributed by atoms with E-state index in [-0.39, 0.29) is 18.9 Å². The summed E-state index contributed by atoms with van der Waals surface area (Å²) in [5.74, 6) is -0.121. The predicted octanol–water partition coefficient (Wildman–Crippen LogP) is 3.14. The quantitative estimate of drug-likeness (QED) is 0.544. The van der Waals surface area contributed by atoms with Crippen molar-refractivity contribution in [3.63, 3.8) is 0 Å². The molecule has 1 heterocycles. The first kappa shape index (κ1) is 21.7. The molecule has 1 aromatic rings. The maximum atomic E-state index is 13.4. The van der Waals surface area contributed by atoms with Crippen LogP contribution in [0.5, 0.6) is 5.75 Å². The molecular formula is C21H30N2O5.